The van der Waals surface area contributed by atoms with Crippen LogP contribution in [0, 0.1) is 0 Å². The number of hydrogen-bond donors (Lipinski definition) is 1. The fourth-order valence-electron chi connectivity index (χ4n) is 3.81. The number of ether oxygens (including phenoxy) is 1. The lowest BCUT2D eigenvalue weighted by molar-refractivity contribution is 0.0929. The molecule has 0 aliphatic carbocycles. The van der Waals surface area contributed by atoms with Gasteiger partial charge in [-0.05, 0) is 56.7 Å². The third kappa shape index (κ3) is 3.97. The molecule has 3 aromatic rings. The van der Waals surface area contributed by atoms with E-state index >= 15 is 0 Å². The lowest BCUT2D eigenvalue weighted by Gasteiger charge is -2.40. The number of rotatable bonds is 4. The van der Waals surface area contributed by atoms with Gasteiger partial charge in [0.2, 0.25) is 0 Å². The Kier molecular flexibility index (Phi) is 5.39. The summed E-state index contributed by atoms with van der Waals surface area (Å²) >= 11 is 3.42. The molecule has 4 rings (SSSR count). The van der Waals surface area contributed by atoms with Crippen LogP contribution in [0.4, 0.5) is 5.69 Å². The van der Waals surface area contributed by atoms with Crippen molar-refractivity contribution in [1.29, 1.82) is 0 Å². The molecule has 1 aliphatic rings. The number of amides is 1. The minimum Gasteiger partial charge on any atom is -0.496 e. The number of likely N-dealkylation sites (N-methyl/N-ethyl adjacent to an activating group) is 1. The molecule has 0 unspecified atom stereocenters. The van der Waals surface area contributed by atoms with Crippen molar-refractivity contribution in [3.8, 4) is 5.75 Å². The largest absolute Gasteiger partial charge is 0.496 e. The van der Waals surface area contributed by atoms with Crippen molar-refractivity contribution in [3.05, 3.63) is 63.8 Å². The Bertz CT molecular complexity index is 1240. The van der Waals surface area contributed by atoms with Gasteiger partial charge in [0.15, 0.2) is 5.76 Å². The zero-order valence-corrected chi connectivity index (χ0v) is 19.7. The number of hydrazone groups is 1. The van der Waals surface area contributed by atoms with Crippen LogP contribution in [-0.4, -0.2) is 31.8 Å². The third-order valence-electron chi connectivity index (χ3n) is 5.64. The van der Waals surface area contributed by atoms with E-state index in [0.29, 0.717) is 11.3 Å². The van der Waals surface area contributed by atoms with E-state index in [9.17, 15) is 4.79 Å². The highest BCUT2D eigenvalue weighted by Crippen LogP contribution is 2.40. The molecule has 160 valence electrons. The molecule has 31 heavy (non-hydrogen) atoms. The molecule has 0 spiro atoms. The molecule has 0 saturated heterocycles. The van der Waals surface area contributed by atoms with Crippen molar-refractivity contribution in [2.75, 3.05) is 19.1 Å². The Hall–Kier alpha value is -3.06. The number of methoxy groups -OCH3 is 1. The maximum absolute atomic E-state index is 12.5. The SMILES string of the molecule is COc1cc2c(cc1/C=N/NC(=O)c1cc3cc(Br)ccc3o1)C(C)=CC(C)(C)N2C. The van der Waals surface area contributed by atoms with E-state index < -0.39 is 5.91 Å². The van der Waals surface area contributed by atoms with Gasteiger partial charge in [0.05, 0.1) is 18.9 Å². The first kappa shape index (κ1) is 21.2. The molecule has 1 aromatic heterocycles. The number of hydrogen-bond acceptors (Lipinski definition) is 5. The predicted molar refractivity (Wildman–Crippen MR) is 128 cm³/mol. The fraction of sp³-hybridized carbons (Fsp3) is 0.250. The summed E-state index contributed by atoms with van der Waals surface area (Å²) in [6.45, 7) is 6.45. The summed E-state index contributed by atoms with van der Waals surface area (Å²) < 4.78 is 12.1. The van der Waals surface area contributed by atoms with Crippen LogP contribution in [0.2, 0.25) is 0 Å². The maximum atomic E-state index is 12.5. The van der Waals surface area contributed by atoms with Crippen molar-refractivity contribution in [2.45, 2.75) is 26.3 Å². The fourth-order valence-corrected chi connectivity index (χ4v) is 4.19. The zero-order chi connectivity index (χ0) is 22.3. The van der Waals surface area contributed by atoms with E-state index in [1.54, 1.807) is 19.4 Å². The van der Waals surface area contributed by atoms with Gasteiger partial charge in [-0.1, -0.05) is 22.0 Å². The molecule has 1 N–H and O–H groups in total. The average molecular weight is 482 g/mol. The number of allylic oxidation sites excluding steroid dienone is 1. The zero-order valence-electron chi connectivity index (χ0n) is 18.1. The number of nitrogens with zero attached hydrogens (tertiary/aromatic N) is 2. The molecule has 0 fully saturated rings. The Morgan fingerprint density at radius 2 is 2.03 bits per heavy atom. The van der Waals surface area contributed by atoms with Crippen molar-refractivity contribution in [1.82, 2.24) is 5.43 Å². The van der Waals surface area contributed by atoms with E-state index in [4.69, 9.17) is 9.15 Å². The topological polar surface area (TPSA) is 67.1 Å². The van der Waals surface area contributed by atoms with Crippen LogP contribution in [0.3, 0.4) is 0 Å². The Labute approximate surface area is 189 Å². The second-order valence-electron chi connectivity index (χ2n) is 8.14. The summed E-state index contributed by atoms with van der Waals surface area (Å²) in [6.07, 6.45) is 3.83. The Morgan fingerprint density at radius 3 is 2.77 bits per heavy atom. The molecule has 0 radical (unpaired) electrons. The number of furan rings is 1. The van der Waals surface area contributed by atoms with Crippen LogP contribution in [0.15, 0.2) is 56.5 Å². The van der Waals surface area contributed by atoms with Crippen molar-refractivity contribution < 1.29 is 13.9 Å². The summed E-state index contributed by atoms with van der Waals surface area (Å²) in [5, 5.41) is 4.97. The van der Waals surface area contributed by atoms with Crippen LogP contribution in [0.1, 0.15) is 42.5 Å². The molecule has 2 aromatic carbocycles. The summed E-state index contributed by atoms with van der Waals surface area (Å²) in [6, 6.07) is 11.3. The van der Waals surface area contributed by atoms with Crippen LogP contribution in [-0.2, 0) is 0 Å². The maximum Gasteiger partial charge on any atom is 0.307 e. The quantitative estimate of drug-likeness (QED) is 0.389. The molecule has 0 atom stereocenters. The molecule has 0 saturated carbocycles. The number of carbonyl (C=O) groups is 1. The van der Waals surface area contributed by atoms with Gasteiger partial charge in [-0.15, -0.1) is 0 Å². The molecule has 0 bridgehead atoms. The van der Waals surface area contributed by atoms with Gasteiger partial charge < -0.3 is 14.1 Å². The van der Waals surface area contributed by atoms with Crippen LogP contribution < -0.4 is 15.1 Å². The van der Waals surface area contributed by atoms with Crippen LogP contribution in [0.5, 0.6) is 5.75 Å². The number of benzene rings is 2. The number of nitrogens with one attached hydrogen (secondary N) is 1. The first-order valence-corrected chi connectivity index (χ1v) is 10.7. The first-order chi connectivity index (χ1) is 14.7. The molecule has 6 nitrogen and oxygen atoms in total. The molecule has 7 heteroatoms. The van der Waals surface area contributed by atoms with E-state index in [2.05, 4.69) is 65.3 Å². The second kappa shape index (κ2) is 7.89. The van der Waals surface area contributed by atoms with Crippen molar-refractivity contribution in [3.63, 3.8) is 0 Å². The third-order valence-corrected chi connectivity index (χ3v) is 6.13. The summed E-state index contributed by atoms with van der Waals surface area (Å²) in [4.78, 5) is 14.7. The molecule has 2 heterocycles. The van der Waals surface area contributed by atoms with Gasteiger partial charge in [0.25, 0.3) is 0 Å². The Morgan fingerprint density at radius 1 is 1.26 bits per heavy atom. The first-order valence-electron chi connectivity index (χ1n) is 9.88. The predicted octanol–water partition coefficient (Wildman–Crippen LogP) is 5.60. The molecular weight excluding hydrogens is 458 g/mol. The van der Waals surface area contributed by atoms with Gasteiger partial charge in [0.1, 0.15) is 11.3 Å². The molecule has 1 aliphatic heterocycles. The number of fused-ring (bicyclic) bond motifs is 2. The van der Waals surface area contributed by atoms with Gasteiger partial charge in [-0.3, -0.25) is 4.79 Å². The number of carbonyl (C=O) groups excluding carboxylic acids is 1. The van der Waals surface area contributed by atoms with E-state index in [1.165, 1.54) is 5.57 Å². The number of halogens is 1. The highest BCUT2D eigenvalue weighted by Gasteiger charge is 2.29. The highest BCUT2D eigenvalue weighted by atomic mass is 79.9. The van der Waals surface area contributed by atoms with Crippen LogP contribution in [0.25, 0.3) is 16.5 Å². The normalized spacial score (nSPS) is 15.2. The number of anilines is 1. The Balaban J connectivity index is 1.58. The van der Waals surface area contributed by atoms with Crippen LogP contribution >= 0.6 is 15.9 Å². The smallest absolute Gasteiger partial charge is 0.307 e. The van der Waals surface area contributed by atoms with Crippen molar-refractivity contribution in [2.24, 2.45) is 5.10 Å². The second-order valence-corrected chi connectivity index (χ2v) is 9.06. The van der Waals surface area contributed by atoms with Crippen molar-refractivity contribution >= 4 is 50.3 Å². The lowest BCUT2D eigenvalue weighted by atomic mass is 9.88. The summed E-state index contributed by atoms with van der Waals surface area (Å²) in [5.74, 6) is 0.464. The minimum absolute atomic E-state index is 0.0894. The van der Waals surface area contributed by atoms with Gasteiger partial charge >= 0.3 is 5.91 Å². The molecular formula is C24H24BrN3O3. The van der Waals surface area contributed by atoms with E-state index in [1.807, 2.05) is 30.3 Å². The highest BCUT2D eigenvalue weighted by molar-refractivity contribution is 9.10. The van der Waals surface area contributed by atoms with Gasteiger partial charge in [-0.2, -0.15) is 5.10 Å². The lowest BCUT2D eigenvalue weighted by Crippen LogP contribution is -2.42. The standard InChI is InChI=1S/C24H24BrN3O3/c1-14-12-24(2,3)28(4)19-11-21(30-5)16(9-18(14)19)13-26-27-23(29)22-10-15-8-17(25)6-7-20(15)31-22/h6-13H,1-5H3,(H,27,29)/b26-13+. The minimum atomic E-state index is -0.418. The summed E-state index contributed by atoms with van der Waals surface area (Å²) in [5.41, 5.74) is 7.25. The summed E-state index contributed by atoms with van der Waals surface area (Å²) in [7, 11) is 3.70. The molecule has 1 amide bonds. The average Bonchev–Trinajstić information content (AvgIpc) is 3.14. The van der Waals surface area contributed by atoms with Gasteiger partial charge in [0, 0.05) is 39.8 Å². The monoisotopic (exact) mass is 481 g/mol. The van der Waals surface area contributed by atoms with E-state index in [-0.39, 0.29) is 11.3 Å². The van der Waals surface area contributed by atoms with E-state index in [0.717, 1.165) is 26.7 Å². The van der Waals surface area contributed by atoms with Gasteiger partial charge in [-0.25, -0.2) is 5.43 Å².